The second-order valence-corrected chi connectivity index (χ2v) is 14.2. The van der Waals surface area contributed by atoms with Gasteiger partial charge < -0.3 is 0 Å². The first-order valence-corrected chi connectivity index (χ1v) is 16.3. The molecule has 3 heterocycles. The van der Waals surface area contributed by atoms with Gasteiger partial charge in [0.2, 0.25) is 0 Å². The topological polar surface area (TPSA) is 30.7 Å². The van der Waals surface area contributed by atoms with Gasteiger partial charge in [0.1, 0.15) is 11.0 Å². The van der Waals surface area contributed by atoms with Crippen molar-refractivity contribution in [1.82, 2.24) is 15.0 Å². The second kappa shape index (κ2) is 14.1. The highest BCUT2D eigenvalue weighted by Crippen LogP contribution is 2.40. The van der Waals surface area contributed by atoms with Crippen LogP contribution < -0.4 is 0 Å². The third-order valence-corrected chi connectivity index (χ3v) is 9.78. The summed E-state index contributed by atoms with van der Waals surface area (Å²) in [4.78, 5) is 4.37. The summed E-state index contributed by atoms with van der Waals surface area (Å²) in [6, 6.07) is 12.9. The Balaban J connectivity index is 1.33. The van der Waals surface area contributed by atoms with Crippen molar-refractivity contribution in [1.29, 1.82) is 0 Å². The molecule has 0 fully saturated rings. The Morgan fingerprint density at radius 3 is 1.43 bits per heavy atom. The standard InChI is InChI=1S/C28H35Br2N3S2/c1-2-3-4-5-6-7-8-9-10-11-12-13-20-33-31-27-21(23-16-18-25(29)34-23)14-15-22(28(27)32-33)24-17-19-26(30)35-24/h14-19H,2-13,20H2,1H3. The van der Waals surface area contributed by atoms with Crippen LogP contribution in [0, 0.1) is 0 Å². The number of halogens is 2. The van der Waals surface area contributed by atoms with Crippen molar-refractivity contribution in [2.24, 2.45) is 0 Å². The number of hydrogen-bond acceptors (Lipinski definition) is 4. The van der Waals surface area contributed by atoms with E-state index in [0.717, 1.165) is 42.7 Å². The van der Waals surface area contributed by atoms with Crippen LogP contribution in [-0.2, 0) is 6.54 Å². The van der Waals surface area contributed by atoms with E-state index in [0.29, 0.717) is 0 Å². The van der Waals surface area contributed by atoms with Crippen molar-refractivity contribution >= 4 is 65.6 Å². The first-order valence-electron chi connectivity index (χ1n) is 13.0. The predicted octanol–water partition coefficient (Wildman–Crippen LogP) is 11.1. The quantitative estimate of drug-likeness (QED) is 0.121. The molecule has 0 aliphatic carbocycles. The Labute approximate surface area is 234 Å². The van der Waals surface area contributed by atoms with Gasteiger partial charge in [0.05, 0.1) is 14.1 Å². The van der Waals surface area contributed by atoms with Crippen molar-refractivity contribution in [2.75, 3.05) is 0 Å². The number of aryl methyl sites for hydroxylation is 1. The van der Waals surface area contributed by atoms with Gasteiger partial charge >= 0.3 is 0 Å². The number of rotatable bonds is 15. The van der Waals surface area contributed by atoms with Crippen LogP contribution in [0.2, 0.25) is 0 Å². The summed E-state index contributed by atoms with van der Waals surface area (Å²) < 4.78 is 2.27. The molecule has 188 valence electrons. The first-order chi connectivity index (χ1) is 17.2. The molecule has 0 unspecified atom stereocenters. The molecular weight excluding hydrogens is 602 g/mol. The number of fused-ring (bicyclic) bond motifs is 1. The smallest absolute Gasteiger partial charge is 0.122 e. The highest BCUT2D eigenvalue weighted by atomic mass is 79.9. The summed E-state index contributed by atoms with van der Waals surface area (Å²) in [5.41, 5.74) is 4.33. The molecule has 1 aromatic carbocycles. The van der Waals surface area contributed by atoms with Gasteiger partial charge in [0.25, 0.3) is 0 Å². The number of aromatic nitrogens is 3. The highest BCUT2D eigenvalue weighted by Gasteiger charge is 2.17. The molecule has 35 heavy (non-hydrogen) atoms. The molecule has 0 atom stereocenters. The summed E-state index contributed by atoms with van der Waals surface area (Å²) in [6.07, 6.45) is 16.3. The van der Waals surface area contributed by atoms with Gasteiger partial charge in [-0.1, -0.05) is 89.7 Å². The molecule has 0 radical (unpaired) electrons. The van der Waals surface area contributed by atoms with E-state index < -0.39 is 0 Å². The van der Waals surface area contributed by atoms with Crippen molar-refractivity contribution in [3.8, 4) is 20.9 Å². The fraction of sp³-hybridized carbons (Fsp3) is 0.500. The third kappa shape index (κ3) is 7.73. The molecular formula is C28H35Br2N3S2. The fourth-order valence-corrected chi connectivity index (χ4v) is 7.37. The van der Waals surface area contributed by atoms with Crippen molar-refractivity contribution in [3.05, 3.63) is 44.0 Å². The van der Waals surface area contributed by atoms with Crippen LogP contribution in [0.3, 0.4) is 0 Å². The van der Waals surface area contributed by atoms with Crippen LogP contribution in [0.4, 0.5) is 0 Å². The Kier molecular flexibility index (Phi) is 10.9. The van der Waals surface area contributed by atoms with E-state index >= 15 is 0 Å². The van der Waals surface area contributed by atoms with Gasteiger partial charge in [-0.25, -0.2) is 0 Å². The third-order valence-electron chi connectivity index (χ3n) is 6.47. The Morgan fingerprint density at radius 1 is 0.600 bits per heavy atom. The van der Waals surface area contributed by atoms with Crippen LogP contribution in [0.5, 0.6) is 0 Å². The molecule has 7 heteroatoms. The average molecular weight is 638 g/mol. The van der Waals surface area contributed by atoms with Gasteiger partial charge in [0.15, 0.2) is 0 Å². The maximum atomic E-state index is 4.97. The van der Waals surface area contributed by atoms with E-state index in [1.807, 2.05) is 4.80 Å². The van der Waals surface area contributed by atoms with E-state index in [4.69, 9.17) is 10.2 Å². The lowest BCUT2D eigenvalue weighted by Gasteiger charge is -2.03. The molecule has 0 amide bonds. The lowest BCUT2D eigenvalue weighted by molar-refractivity contribution is 0.483. The minimum atomic E-state index is 0.882. The summed E-state index contributed by atoms with van der Waals surface area (Å²) in [7, 11) is 0. The zero-order valence-corrected chi connectivity index (χ0v) is 25.4. The molecule has 0 N–H and O–H groups in total. The number of benzene rings is 1. The van der Waals surface area contributed by atoms with Crippen LogP contribution in [0.25, 0.3) is 31.9 Å². The summed E-state index contributed by atoms with van der Waals surface area (Å²) >= 11 is 10.7. The zero-order valence-electron chi connectivity index (χ0n) is 20.6. The summed E-state index contributed by atoms with van der Waals surface area (Å²) in [6.45, 7) is 3.17. The van der Waals surface area contributed by atoms with Gasteiger partial charge in [-0.15, -0.1) is 22.7 Å². The molecule has 3 aromatic heterocycles. The predicted molar refractivity (Wildman–Crippen MR) is 161 cm³/mol. The summed E-state index contributed by atoms with van der Waals surface area (Å²) in [5, 5.41) is 9.94. The Bertz CT molecular complexity index is 1120. The van der Waals surface area contributed by atoms with Crippen LogP contribution in [-0.4, -0.2) is 15.0 Å². The minimum absolute atomic E-state index is 0.882. The summed E-state index contributed by atoms with van der Waals surface area (Å²) in [5.74, 6) is 0. The van der Waals surface area contributed by atoms with E-state index in [1.165, 1.54) is 80.4 Å². The van der Waals surface area contributed by atoms with Gasteiger partial charge in [-0.2, -0.15) is 15.0 Å². The molecule has 0 saturated heterocycles. The minimum Gasteiger partial charge on any atom is -0.184 e. The zero-order chi connectivity index (χ0) is 24.5. The van der Waals surface area contributed by atoms with Gasteiger partial charge in [-0.3, -0.25) is 0 Å². The number of unbranched alkanes of at least 4 members (excludes halogenated alkanes) is 11. The molecule has 0 spiro atoms. The molecule has 4 aromatic rings. The highest BCUT2D eigenvalue weighted by molar-refractivity contribution is 9.11. The van der Waals surface area contributed by atoms with E-state index in [-0.39, 0.29) is 0 Å². The van der Waals surface area contributed by atoms with E-state index in [9.17, 15) is 0 Å². The number of thiophene rings is 2. The van der Waals surface area contributed by atoms with Crippen molar-refractivity contribution in [2.45, 2.75) is 90.5 Å². The second-order valence-electron chi connectivity index (χ2n) is 9.25. The largest absolute Gasteiger partial charge is 0.184 e. The van der Waals surface area contributed by atoms with Gasteiger partial charge in [0, 0.05) is 20.9 Å². The maximum absolute atomic E-state index is 4.97. The van der Waals surface area contributed by atoms with Crippen LogP contribution in [0.1, 0.15) is 84.0 Å². The molecule has 3 nitrogen and oxygen atoms in total. The monoisotopic (exact) mass is 635 g/mol. The SMILES string of the molecule is CCCCCCCCCCCCCCn1nc2c(-c3ccc(Br)s3)ccc(-c3ccc(Br)s3)c2n1. The lowest BCUT2D eigenvalue weighted by Crippen LogP contribution is -2.02. The van der Waals surface area contributed by atoms with Crippen LogP contribution in [0.15, 0.2) is 44.0 Å². The van der Waals surface area contributed by atoms with E-state index in [1.54, 1.807) is 22.7 Å². The fourth-order valence-electron chi connectivity index (χ4n) is 4.55. The van der Waals surface area contributed by atoms with Crippen molar-refractivity contribution in [3.63, 3.8) is 0 Å². The number of nitrogens with zero attached hydrogens (tertiary/aromatic N) is 3. The molecule has 0 aliphatic heterocycles. The average Bonchev–Trinajstić information content (AvgIpc) is 3.59. The molecule has 4 rings (SSSR count). The normalized spacial score (nSPS) is 11.6. The van der Waals surface area contributed by atoms with Crippen molar-refractivity contribution < 1.29 is 0 Å². The van der Waals surface area contributed by atoms with E-state index in [2.05, 4.69) is 75.2 Å². The molecule has 0 saturated carbocycles. The maximum Gasteiger partial charge on any atom is 0.122 e. The lowest BCUT2D eigenvalue weighted by atomic mass is 10.1. The Morgan fingerprint density at radius 2 is 1.03 bits per heavy atom. The Hall–Kier alpha value is -1.02. The number of hydrogen-bond donors (Lipinski definition) is 0. The van der Waals surface area contributed by atoms with Crippen LogP contribution >= 0.6 is 54.5 Å². The molecule has 0 bridgehead atoms. The van der Waals surface area contributed by atoms with Gasteiger partial charge in [-0.05, 0) is 62.5 Å². The first kappa shape index (κ1) is 27.0. The molecule has 0 aliphatic rings.